The monoisotopic (exact) mass is 319 g/mol. The highest BCUT2D eigenvalue weighted by atomic mass is 16.4. The van der Waals surface area contributed by atoms with Crippen LogP contribution in [-0.4, -0.2) is 16.2 Å². The van der Waals surface area contributed by atoms with Crippen LogP contribution in [0.15, 0.2) is 72.8 Å². The molecule has 0 atom stereocenters. The highest BCUT2D eigenvalue weighted by Crippen LogP contribution is 2.27. The van der Waals surface area contributed by atoms with Crippen molar-refractivity contribution in [3.05, 3.63) is 78.4 Å². The minimum Gasteiger partial charge on any atom is -0.465 e. The lowest BCUT2D eigenvalue weighted by molar-refractivity contribution is 0.201. The second kappa shape index (κ2) is 6.83. The molecule has 120 valence electrons. The number of rotatable bonds is 4. The number of hydrogen-bond acceptors (Lipinski definition) is 3. The number of amides is 1. The normalized spacial score (nSPS) is 10.3. The summed E-state index contributed by atoms with van der Waals surface area (Å²) in [5, 5.41) is 9.54. The van der Waals surface area contributed by atoms with Crippen molar-refractivity contribution in [2.24, 2.45) is 0 Å². The summed E-state index contributed by atoms with van der Waals surface area (Å²) < 4.78 is 0. The number of carboxylic acid groups (broad SMARTS) is 1. The van der Waals surface area contributed by atoms with Crippen molar-refractivity contribution in [2.45, 2.75) is 6.54 Å². The molecular weight excluding hydrogens is 302 g/mol. The van der Waals surface area contributed by atoms with Crippen LogP contribution in [0.25, 0.3) is 11.3 Å². The zero-order valence-corrected chi connectivity index (χ0v) is 13.0. The Labute approximate surface area is 140 Å². The first-order chi connectivity index (χ1) is 11.6. The maximum atomic E-state index is 11.7. The number of hydrogen-bond donors (Lipinski definition) is 2. The lowest BCUT2D eigenvalue weighted by Crippen LogP contribution is -2.29. The van der Waals surface area contributed by atoms with Crippen LogP contribution in [0.1, 0.15) is 5.56 Å². The predicted octanol–water partition coefficient (Wildman–Crippen LogP) is 4.02. The van der Waals surface area contributed by atoms with Gasteiger partial charge in [0.2, 0.25) is 0 Å². The maximum Gasteiger partial charge on any atom is 0.412 e. The van der Waals surface area contributed by atoms with Crippen molar-refractivity contribution in [3.63, 3.8) is 0 Å². The molecule has 3 aromatic rings. The highest BCUT2D eigenvalue weighted by Gasteiger charge is 2.18. The molecule has 3 rings (SSSR count). The molecule has 0 unspecified atom stereocenters. The summed E-state index contributed by atoms with van der Waals surface area (Å²) in [5.41, 5.74) is 8.94. The minimum atomic E-state index is -1.07. The third kappa shape index (κ3) is 3.35. The molecule has 0 radical (unpaired) electrons. The van der Waals surface area contributed by atoms with E-state index in [1.165, 1.54) is 4.90 Å². The third-order valence-corrected chi connectivity index (χ3v) is 3.68. The van der Waals surface area contributed by atoms with E-state index in [0.717, 1.165) is 11.1 Å². The Morgan fingerprint density at radius 2 is 1.58 bits per heavy atom. The largest absolute Gasteiger partial charge is 0.465 e. The molecule has 0 aliphatic rings. The second-order valence-corrected chi connectivity index (χ2v) is 5.32. The number of nitrogens with two attached hydrogens (primary N) is 1. The molecule has 5 heteroatoms. The first kappa shape index (κ1) is 15.6. The molecule has 0 saturated carbocycles. The zero-order chi connectivity index (χ0) is 16.9. The van der Waals surface area contributed by atoms with Gasteiger partial charge < -0.3 is 10.8 Å². The third-order valence-electron chi connectivity index (χ3n) is 3.68. The maximum absolute atomic E-state index is 11.7. The molecule has 0 aliphatic carbocycles. The Morgan fingerprint density at radius 1 is 0.958 bits per heavy atom. The van der Waals surface area contributed by atoms with E-state index in [-0.39, 0.29) is 12.4 Å². The van der Waals surface area contributed by atoms with E-state index in [2.05, 4.69) is 4.98 Å². The average molecular weight is 319 g/mol. The Hall–Kier alpha value is -3.34. The fraction of sp³-hybridized carbons (Fsp3) is 0.0526. The van der Waals surface area contributed by atoms with E-state index in [0.29, 0.717) is 11.4 Å². The van der Waals surface area contributed by atoms with Gasteiger partial charge in [-0.05, 0) is 17.7 Å². The van der Waals surface area contributed by atoms with Gasteiger partial charge in [0.15, 0.2) is 0 Å². The second-order valence-electron chi connectivity index (χ2n) is 5.32. The molecule has 0 bridgehead atoms. The molecule has 0 fully saturated rings. The van der Waals surface area contributed by atoms with Gasteiger partial charge in [-0.25, -0.2) is 9.78 Å². The summed E-state index contributed by atoms with van der Waals surface area (Å²) in [6.07, 6.45) is -1.07. The molecule has 1 aromatic heterocycles. The Morgan fingerprint density at radius 3 is 2.17 bits per heavy atom. The van der Waals surface area contributed by atoms with Crippen LogP contribution in [0.5, 0.6) is 0 Å². The number of anilines is 2. The van der Waals surface area contributed by atoms with E-state index in [9.17, 15) is 9.90 Å². The fourth-order valence-corrected chi connectivity index (χ4v) is 2.49. The molecule has 0 spiro atoms. The van der Waals surface area contributed by atoms with Gasteiger partial charge in [0.05, 0.1) is 17.9 Å². The van der Waals surface area contributed by atoms with E-state index in [4.69, 9.17) is 5.73 Å². The molecule has 1 amide bonds. The summed E-state index contributed by atoms with van der Waals surface area (Å²) in [7, 11) is 0. The van der Waals surface area contributed by atoms with E-state index >= 15 is 0 Å². The van der Waals surface area contributed by atoms with Gasteiger partial charge >= 0.3 is 6.09 Å². The van der Waals surface area contributed by atoms with Crippen LogP contribution in [0.4, 0.5) is 16.3 Å². The van der Waals surface area contributed by atoms with E-state index in [1.807, 2.05) is 60.7 Å². The van der Waals surface area contributed by atoms with Gasteiger partial charge in [0.25, 0.3) is 0 Å². The Balaban J connectivity index is 1.93. The summed E-state index contributed by atoms with van der Waals surface area (Å²) in [5.74, 6) is 0.190. The number of benzene rings is 2. The minimum absolute atomic E-state index is 0.190. The SMILES string of the molecule is Nc1nc(-c2ccccc2)ccc1N(Cc1ccccc1)C(=O)O. The predicted molar refractivity (Wildman–Crippen MR) is 94.7 cm³/mol. The Kier molecular flexibility index (Phi) is 4.43. The summed E-state index contributed by atoms with van der Waals surface area (Å²) in [6.45, 7) is 0.215. The number of nitrogen functional groups attached to an aromatic ring is 1. The van der Waals surface area contributed by atoms with E-state index in [1.54, 1.807) is 12.1 Å². The van der Waals surface area contributed by atoms with Crippen molar-refractivity contribution in [1.82, 2.24) is 4.98 Å². The highest BCUT2D eigenvalue weighted by molar-refractivity contribution is 5.90. The van der Waals surface area contributed by atoms with Crippen molar-refractivity contribution in [1.29, 1.82) is 0 Å². The van der Waals surface area contributed by atoms with Crippen LogP contribution in [0, 0.1) is 0 Å². The van der Waals surface area contributed by atoms with Crippen LogP contribution >= 0.6 is 0 Å². The van der Waals surface area contributed by atoms with Crippen molar-refractivity contribution < 1.29 is 9.90 Å². The van der Waals surface area contributed by atoms with Crippen LogP contribution < -0.4 is 10.6 Å². The van der Waals surface area contributed by atoms with Gasteiger partial charge in [-0.1, -0.05) is 60.7 Å². The molecular formula is C19H17N3O2. The molecule has 5 nitrogen and oxygen atoms in total. The Bertz CT molecular complexity index is 836. The summed E-state index contributed by atoms with van der Waals surface area (Å²) >= 11 is 0. The number of aromatic nitrogens is 1. The lowest BCUT2D eigenvalue weighted by atomic mass is 10.1. The van der Waals surface area contributed by atoms with Crippen molar-refractivity contribution in [3.8, 4) is 11.3 Å². The topological polar surface area (TPSA) is 79.5 Å². The molecule has 3 N–H and O–H groups in total. The van der Waals surface area contributed by atoms with Crippen LogP contribution in [0.2, 0.25) is 0 Å². The molecule has 24 heavy (non-hydrogen) atoms. The van der Waals surface area contributed by atoms with Gasteiger partial charge in [0.1, 0.15) is 5.82 Å². The van der Waals surface area contributed by atoms with Crippen molar-refractivity contribution >= 4 is 17.6 Å². The zero-order valence-electron chi connectivity index (χ0n) is 13.0. The smallest absolute Gasteiger partial charge is 0.412 e. The average Bonchev–Trinajstić information content (AvgIpc) is 2.61. The van der Waals surface area contributed by atoms with Crippen LogP contribution in [-0.2, 0) is 6.54 Å². The first-order valence-corrected chi connectivity index (χ1v) is 7.51. The lowest BCUT2D eigenvalue weighted by Gasteiger charge is -2.21. The molecule has 0 saturated heterocycles. The first-order valence-electron chi connectivity index (χ1n) is 7.51. The quantitative estimate of drug-likeness (QED) is 0.761. The van der Waals surface area contributed by atoms with E-state index < -0.39 is 6.09 Å². The van der Waals surface area contributed by atoms with Gasteiger partial charge in [-0.3, -0.25) is 4.90 Å². The molecule has 1 heterocycles. The molecule has 2 aromatic carbocycles. The number of nitrogens with zero attached hydrogens (tertiary/aromatic N) is 2. The van der Waals surface area contributed by atoms with Gasteiger partial charge in [0, 0.05) is 5.56 Å². The standard InChI is InChI=1S/C19H17N3O2/c20-18-17(12-11-16(21-18)15-9-5-2-6-10-15)22(19(23)24)13-14-7-3-1-4-8-14/h1-12H,13H2,(H2,20,21)(H,23,24). The summed E-state index contributed by atoms with van der Waals surface area (Å²) in [6, 6.07) is 22.5. The fourth-order valence-electron chi connectivity index (χ4n) is 2.49. The van der Waals surface area contributed by atoms with Gasteiger partial charge in [-0.15, -0.1) is 0 Å². The van der Waals surface area contributed by atoms with Crippen LogP contribution in [0.3, 0.4) is 0 Å². The number of pyridine rings is 1. The number of carbonyl (C=O) groups is 1. The summed E-state index contributed by atoms with van der Waals surface area (Å²) in [4.78, 5) is 17.2. The van der Waals surface area contributed by atoms with Crippen molar-refractivity contribution in [2.75, 3.05) is 10.6 Å². The molecule has 0 aliphatic heterocycles. The van der Waals surface area contributed by atoms with Gasteiger partial charge in [-0.2, -0.15) is 0 Å².